The number of carbonyl (C=O) groups excluding carboxylic acids is 1. The van der Waals surface area contributed by atoms with Crippen LogP contribution >= 0.6 is 27.3 Å². The van der Waals surface area contributed by atoms with E-state index in [0.717, 1.165) is 3.79 Å². The van der Waals surface area contributed by atoms with Crippen LogP contribution in [-0.2, 0) is 0 Å². The van der Waals surface area contributed by atoms with Crippen LogP contribution in [0.5, 0.6) is 0 Å². The minimum absolute atomic E-state index is 0.128. The zero-order valence-electron chi connectivity index (χ0n) is 6.71. The van der Waals surface area contributed by atoms with E-state index >= 15 is 0 Å². The van der Waals surface area contributed by atoms with E-state index in [4.69, 9.17) is 5.26 Å². The number of nitriles is 1. The Morgan fingerprint density at radius 2 is 2.54 bits per heavy atom. The van der Waals surface area contributed by atoms with Crippen LogP contribution in [0.2, 0.25) is 0 Å². The van der Waals surface area contributed by atoms with Gasteiger partial charge in [-0.1, -0.05) is 0 Å². The van der Waals surface area contributed by atoms with Crippen molar-refractivity contribution in [1.82, 2.24) is 5.32 Å². The van der Waals surface area contributed by atoms with Gasteiger partial charge in [-0.05, 0) is 22.0 Å². The summed E-state index contributed by atoms with van der Waals surface area (Å²) in [6.45, 7) is 0.406. The van der Waals surface area contributed by atoms with Crippen LogP contribution in [0.25, 0.3) is 0 Å². The Kier molecular flexibility index (Phi) is 3.93. The Balaban J connectivity index is 2.45. The van der Waals surface area contributed by atoms with Crippen LogP contribution in [0.1, 0.15) is 16.8 Å². The molecule has 0 saturated carbocycles. The second-order valence-electron chi connectivity index (χ2n) is 2.30. The smallest absolute Gasteiger partial charge is 0.252 e. The summed E-state index contributed by atoms with van der Waals surface area (Å²) in [7, 11) is 0. The molecule has 5 heteroatoms. The molecule has 1 amide bonds. The van der Waals surface area contributed by atoms with E-state index in [0.29, 0.717) is 18.5 Å². The van der Waals surface area contributed by atoms with Gasteiger partial charge in [0.15, 0.2) is 0 Å². The molecule has 0 aliphatic carbocycles. The highest BCUT2D eigenvalue weighted by Gasteiger charge is 2.05. The summed E-state index contributed by atoms with van der Waals surface area (Å²) in [6.07, 6.45) is 0.344. The van der Waals surface area contributed by atoms with Gasteiger partial charge >= 0.3 is 0 Å². The molecule has 0 unspecified atom stereocenters. The average Bonchev–Trinajstić information content (AvgIpc) is 2.52. The average molecular weight is 259 g/mol. The number of hydrogen-bond donors (Lipinski definition) is 1. The molecule has 1 aromatic rings. The lowest BCUT2D eigenvalue weighted by Gasteiger charge is -1.98. The molecule has 1 aromatic heterocycles. The SMILES string of the molecule is N#CCCNC(=O)c1csc(Br)c1. The Hall–Kier alpha value is -0.860. The van der Waals surface area contributed by atoms with Crippen molar-refractivity contribution in [2.24, 2.45) is 0 Å². The minimum Gasteiger partial charge on any atom is -0.351 e. The Labute approximate surface area is 88.5 Å². The predicted molar refractivity (Wildman–Crippen MR) is 54.6 cm³/mol. The fraction of sp³-hybridized carbons (Fsp3) is 0.250. The normalized spacial score (nSPS) is 9.23. The lowest BCUT2D eigenvalue weighted by molar-refractivity contribution is 0.0955. The van der Waals surface area contributed by atoms with E-state index in [1.807, 2.05) is 6.07 Å². The first-order valence-corrected chi connectivity index (χ1v) is 5.30. The van der Waals surface area contributed by atoms with Gasteiger partial charge in [0.25, 0.3) is 5.91 Å². The zero-order valence-corrected chi connectivity index (χ0v) is 9.11. The summed E-state index contributed by atoms with van der Waals surface area (Å²) in [5.74, 6) is -0.128. The first-order chi connectivity index (χ1) is 6.24. The fourth-order valence-electron chi connectivity index (χ4n) is 0.763. The summed E-state index contributed by atoms with van der Waals surface area (Å²) >= 11 is 4.73. The molecular weight excluding hydrogens is 252 g/mol. The molecule has 0 bridgehead atoms. The number of carbonyl (C=O) groups is 1. The first-order valence-electron chi connectivity index (χ1n) is 3.63. The van der Waals surface area contributed by atoms with Crippen molar-refractivity contribution in [2.45, 2.75) is 6.42 Å². The lowest BCUT2D eigenvalue weighted by Crippen LogP contribution is -2.23. The fourth-order valence-corrected chi connectivity index (χ4v) is 1.90. The summed E-state index contributed by atoms with van der Waals surface area (Å²) < 4.78 is 0.929. The largest absolute Gasteiger partial charge is 0.351 e. The zero-order chi connectivity index (χ0) is 9.68. The van der Waals surface area contributed by atoms with E-state index < -0.39 is 0 Å². The van der Waals surface area contributed by atoms with Crippen molar-refractivity contribution in [3.63, 3.8) is 0 Å². The van der Waals surface area contributed by atoms with Gasteiger partial charge in [0, 0.05) is 11.9 Å². The lowest BCUT2D eigenvalue weighted by atomic mass is 10.3. The van der Waals surface area contributed by atoms with Gasteiger partial charge in [0.05, 0.1) is 21.8 Å². The van der Waals surface area contributed by atoms with Gasteiger partial charge in [-0.25, -0.2) is 0 Å². The third-order valence-electron chi connectivity index (χ3n) is 1.35. The number of halogens is 1. The number of rotatable bonds is 3. The van der Waals surface area contributed by atoms with Crippen molar-refractivity contribution in [1.29, 1.82) is 5.26 Å². The summed E-state index contributed by atoms with van der Waals surface area (Å²) in [6, 6.07) is 3.71. The van der Waals surface area contributed by atoms with Crippen LogP contribution in [-0.4, -0.2) is 12.5 Å². The van der Waals surface area contributed by atoms with Crippen molar-refractivity contribution in [3.05, 3.63) is 20.8 Å². The molecule has 0 fully saturated rings. The molecule has 0 aromatic carbocycles. The Morgan fingerprint density at radius 3 is 3.08 bits per heavy atom. The summed E-state index contributed by atoms with van der Waals surface area (Å²) in [5.41, 5.74) is 0.634. The summed E-state index contributed by atoms with van der Waals surface area (Å²) in [4.78, 5) is 11.3. The van der Waals surface area contributed by atoms with Gasteiger partial charge in [-0.3, -0.25) is 4.79 Å². The maximum Gasteiger partial charge on any atom is 0.252 e. The molecule has 0 radical (unpaired) electrons. The molecule has 13 heavy (non-hydrogen) atoms. The van der Waals surface area contributed by atoms with Crippen molar-refractivity contribution < 1.29 is 4.79 Å². The van der Waals surface area contributed by atoms with E-state index in [2.05, 4.69) is 21.2 Å². The highest BCUT2D eigenvalue weighted by Crippen LogP contribution is 2.20. The van der Waals surface area contributed by atoms with Crippen molar-refractivity contribution in [3.8, 4) is 6.07 Å². The molecule has 1 heterocycles. The topological polar surface area (TPSA) is 52.9 Å². The van der Waals surface area contributed by atoms with Crippen molar-refractivity contribution >= 4 is 33.2 Å². The Bertz CT molecular complexity index is 342. The molecule has 1 rings (SSSR count). The van der Waals surface area contributed by atoms with Crippen LogP contribution in [0.3, 0.4) is 0 Å². The van der Waals surface area contributed by atoms with Gasteiger partial charge in [-0.2, -0.15) is 5.26 Å². The first kappa shape index (κ1) is 10.2. The van der Waals surface area contributed by atoms with Crippen LogP contribution in [0.4, 0.5) is 0 Å². The number of thiophene rings is 1. The van der Waals surface area contributed by atoms with Gasteiger partial charge < -0.3 is 5.32 Å². The number of hydrogen-bond acceptors (Lipinski definition) is 3. The second kappa shape index (κ2) is 5.00. The van der Waals surface area contributed by atoms with E-state index in [1.165, 1.54) is 11.3 Å². The highest BCUT2D eigenvalue weighted by molar-refractivity contribution is 9.11. The third kappa shape index (κ3) is 3.17. The van der Waals surface area contributed by atoms with Gasteiger partial charge in [-0.15, -0.1) is 11.3 Å². The molecule has 0 atom stereocenters. The highest BCUT2D eigenvalue weighted by atomic mass is 79.9. The molecule has 3 nitrogen and oxygen atoms in total. The van der Waals surface area contributed by atoms with E-state index in [-0.39, 0.29) is 5.91 Å². The molecule has 0 aliphatic rings. The number of nitrogens with zero attached hydrogens (tertiary/aromatic N) is 1. The predicted octanol–water partition coefficient (Wildman–Crippen LogP) is 2.15. The second-order valence-corrected chi connectivity index (χ2v) is 4.59. The molecule has 0 saturated heterocycles. The summed E-state index contributed by atoms with van der Waals surface area (Å²) in [5, 5.41) is 12.7. The quantitative estimate of drug-likeness (QED) is 0.845. The van der Waals surface area contributed by atoms with Gasteiger partial charge in [0.1, 0.15) is 0 Å². The van der Waals surface area contributed by atoms with Crippen molar-refractivity contribution in [2.75, 3.05) is 6.54 Å². The number of amides is 1. The minimum atomic E-state index is -0.128. The van der Waals surface area contributed by atoms with Gasteiger partial charge in [0.2, 0.25) is 0 Å². The molecule has 0 spiro atoms. The monoisotopic (exact) mass is 258 g/mol. The maximum absolute atomic E-state index is 11.3. The molecule has 0 aliphatic heterocycles. The van der Waals surface area contributed by atoms with E-state index in [9.17, 15) is 4.79 Å². The molecule has 1 N–H and O–H groups in total. The van der Waals surface area contributed by atoms with Crippen LogP contribution < -0.4 is 5.32 Å². The van der Waals surface area contributed by atoms with E-state index in [1.54, 1.807) is 11.4 Å². The van der Waals surface area contributed by atoms with Crippen LogP contribution in [0, 0.1) is 11.3 Å². The number of nitrogens with one attached hydrogen (secondary N) is 1. The maximum atomic E-state index is 11.3. The Morgan fingerprint density at radius 1 is 1.77 bits per heavy atom. The third-order valence-corrected chi connectivity index (χ3v) is 2.86. The van der Waals surface area contributed by atoms with Crippen LogP contribution in [0.15, 0.2) is 15.2 Å². The molecular formula is C8H7BrN2OS. The standard InChI is InChI=1S/C8H7BrN2OS/c9-7-4-6(5-13-7)8(12)11-3-1-2-10/h4-5H,1,3H2,(H,11,12). The molecule has 68 valence electrons.